The molecule has 21 heavy (non-hydrogen) atoms. The topological polar surface area (TPSA) is 56.7 Å². The molecule has 3 rings (SSSR count). The quantitative estimate of drug-likeness (QED) is 0.577. The maximum atomic E-state index is 6.15. The van der Waals surface area contributed by atoms with Crippen molar-refractivity contribution in [2.75, 3.05) is 5.73 Å². The van der Waals surface area contributed by atoms with Crippen LogP contribution in [-0.4, -0.2) is 15.0 Å². The van der Waals surface area contributed by atoms with Crippen LogP contribution >= 0.6 is 15.9 Å². The van der Waals surface area contributed by atoms with E-state index in [1.165, 1.54) is 0 Å². The van der Waals surface area contributed by atoms with Gasteiger partial charge in [-0.25, -0.2) is 4.68 Å². The van der Waals surface area contributed by atoms with Crippen LogP contribution in [0.4, 0.5) is 5.69 Å². The van der Waals surface area contributed by atoms with E-state index in [4.69, 9.17) is 5.73 Å². The van der Waals surface area contributed by atoms with Gasteiger partial charge in [-0.05, 0) is 36.8 Å². The van der Waals surface area contributed by atoms with Crippen molar-refractivity contribution < 1.29 is 0 Å². The Hall–Kier alpha value is -2.14. The Balaban J connectivity index is 2.18. The first-order valence-electron chi connectivity index (χ1n) is 6.66. The maximum absolute atomic E-state index is 6.15. The fourth-order valence-corrected chi connectivity index (χ4v) is 2.85. The first-order valence-corrected chi connectivity index (χ1v) is 7.45. The number of allylic oxidation sites excluding steroid dienone is 1. The zero-order chi connectivity index (χ0) is 14.8. The molecule has 0 aliphatic carbocycles. The summed E-state index contributed by atoms with van der Waals surface area (Å²) in [6.45, 7) is 3.85. The van der Waals surface area contributed by atoms with Gasteiger partial charge >= 0.3 is 0 Å². The minimum atomic E-state index is -0.0209. The first-order chi connectivity index (χ1) is 10.2. The molecule has 106 valence electrons. The lowest BCUT2D eigenvalue weighted by Crippen LogP contribution is -2.13. The molecular weight excluding hydrogens is 328 g/mol. The number of rotatable bonds is 4. The van der Waals surface area contributed by atoms with Crippen LogP contribution in [0.25, 0.3) is 11.0 Å². The van der Waals surface area contributed by atoms with Gasteiger partial charge in [0.1, 0.15) is 5.52 Å². The molecule has 0 saturated heterocycles. The third kappa shape index (κ3) is 2.56. The van der Waals surface area contributed by atoms with Crippen LogP contribution in [0.1, 0.15) is 18.0 Å². The number of benzene rings is 2. The molecule has 0 fully saturated rings. The standard InChI is InChI=1S/C16H15BrN4/c1-2-5-15(12-10-11(17)8-9-13(12)18)21-16-7-4-3-6-14(16)19-20-21/h2-4,6-10,15H,1,5,18H2. The van der Waals surface area contributed by atoms with E-state index in [9.17, 15) is 0 Å². The summed E-state index contributed by atoms with van der Waals surface area (Å²) in [7, 11) is 0. The Bertz CT molecular complexity index is 794. The number of anilines is 1. The average Bonchev–Trinajstić information content (AvgIpc) is 2.91. The molecule has 0 aliphatic rings. The summed E-state index contributed by atoms with van der Waals surface area (Å²) in [5.74, 6) is 0. The van der Waals surface area contributed by atoms with Gasteiger partial charge in [0.2, 0.25) is 0 Å². The van der Waals surface area contributed by atoms with Gasteiger partial charge < -0.3 is 5.73 Å². The number of halogens is 1. The van der Waals surface area contributed by atoms with Crippen LogP contribution in [0.2, 0.25) is 0 Å². The van der Waals surface area contributed by atoms with Gasteiger partial charge in [-0.1, -0.05) is 39.4 Å². The average molecular weight is 343 g/mol. The fourth-order valence-electron chi connectivity index (χ4n) is 2.47. The molecule has 0 spiro atoms. The highest BCUT2D eigenvalue weighted by molar-refractivity contribution is 9.10. The van der Waals surface area contributed by atoms with E-state index in [2.05, 4.69) is 32.8 Å². The summed E-state index contributed by atoms with van der Waals surface area (Å²) in [5, 5.41) is 8.53. The molecular formula is C16H15BrN4. The molecule has 1 unspecified atom stereocenters. The third-order valence-electron chi connectivity index (χ3n) is 3.47. The predicted octanol–water partition coefficient (Wildman–Crippen LogP) is 3.94. The molecule has 1 aromatic heterocycles. The number of hydrogen-bond donors (Lipinski definition) is 1. The van der Waals surface area contributed by atoms with Crippen LogP contribution in [0.5, 0.6) is 0 Å². The van der Waals surface area contributed by atoms with E-state index in [0.717, 1.165) is 33.2 Å². The fraction of sp³-hybridized carbons (Fsp3) is 0.125. The highest BCUT2D eigenvalue weighted by Crippen LogP contribution is 2.31. The Morgan fingerprint density at radius 1 is 1.29 bits per heavy atom. The van der Waals surface area contributed by atoms with E-state index in [0.29, 0.717) is 0 Å². The number of aromatic nitrogens is 3. The van der Waals surface area contributed by atoms with E-state index >= 15 is 0 Å². The molecule has 0 saturated carbocycles. The van der Waals surface area contributed by atoms with Gasteiger partial charge in [-0.2, -0.15) is 0 Å². The second kappa shape index (κ2) is 5.69. The second-order valence-corrected chi connectivity index (χ2v) is 5.75. The zero-order valence-corrected chi connectivity index (χ0v) is 13.0. The maximum Gasteiger partial charge on any atom is 0.113 e. The SMILES string of the molecule is C=CCC(c1cc(Br)ccc1N)n1nnc2ccccc21. The van der Waals surface area contributed by atoms with Crippen molar-refractivity contribution >= 4 is 32.7 Å². The van der Waals surface area contributed by atoms with Crippen LogP contribution in [-0.2, 0) is 0 Å². The third-order valence-corrected chi connectivity index (χ3v) is 3.96. The van der Waals surface area contributed by atoms with Crippen LogP contribution < -0.4 is 5.73 Å². The normalized spacial score (nSPS) is 12.4. The summed E-state index contributed by atoms with van der Waals surface area (Å²) < 4.78 is 2.90. The van der Waals surface area contributed by atoms with Gasteiger partial charge in [0.05, 0.1) is 11.6 Å². The number of nitrogens with two attached hydrogens (primary N) is 1. The summed E-state index contributed by atoms with van der Waals surface area (Å²) >= 11 is 3.50. The molecule has 0 aliphatic heterocycles. The molecule has 5 heteroatoms. The Morgan fingerprint density at radius 2 is 2.10 bits per heavy atom. The van der Waals surface area contributed by atoms with Crippen LogP contribution in [0.3, 0.4) is 0 Å². The van der Waals surface area contributed by atoms with Crippen molar-refractivity contribution in [2.45, 2.75) is 12.5 Å². The molecule has 1 atom stereocenters. The lowest BCUT2D eigenvalue weighted by molar-refractivity contribution is 0.527. The van der Waals surface area contributed by atoms with Gasteiger partial charge in [0, 0.05) is 15.7 Å². The molecule has 2 aromatic carbocycles. The van der Waals surface area contributed by atoms with E-state index in [-0.39, 0.29) is 6.04 Å². The van der Waals surface area contributed by atoms with Crippen molar-refractivity contribution in [3.63, 3.8) is 0 Å². The Labute approximate surface area is 131 Å². The molecule has 0 bridgehead atoms. The number of fused-ring (bicyclic) bond motifs is 1. The second-order valence-electron chi connectivity index (χ2n) is 4.84. The van der Waals surface area contributed by atoms with E-state index in [1.54, 1.807) is 0 Å². The largest absolute Gasteiger partial charge is 0.398 e. The molecule has 0 radical (unpaired) electrons. The van der Waals surface area contributed by atoms with Crippen LogP contribution in [0, 0.1) is 0 Å². The van der Waals surface area contributed by atoms with Gasteiger partial charge in [0.15, 0.2) is 0 Å². The molecule has 2 N–H and O–H groups in total. The number of para-hydroxylation sites is 1. The molecule has 1 heterocycles. The number of nitrogens with zero attached hydrogens (tertiary/aromatic N) is 3. The zero-order valence-electron chi connectivity index (χ0n) is 11.4. The number of nitrogen functional groups attached to an aromatic ring is 1. The van der Waals surface area contributed by atoms with Crippen molar-refractivity contribution in [1.82, 2.24) is 15.0 Å². The lowest BCUT2D eigenvalue weighted by Gasteiger charge is -2.19. The summed E-state index contributed by atoms with van der Waals surface area (Å²) in [6.07, 6.45) is 2.61. The minimum absolute atomic E-state index is 0.0209. The van der Waals surface area contributed by atoms with E-state index in [1.807, 2.05) is 53.2 Å². The summed E-state index contributed by atoms with van der Waals surface area (Å²) in [6, 6.07) is 13.7. The molecule has 0 amide bonds. The number of hydrogen-bond acceptors (Lipinski definition) is 3. The van der Waals surface area contributed by atoms with Gasteiger partial charge in [0.25, 0.3) is 0 Å². The first kappa shape index (κ1) is 13.8. The lowest BCUT2D eigenvalue weighted by atomic mass is 10.0. The highest BCUT2D eigenvalue weighted by atomic mass is 79.9. The minimum Gasteiger partial charge on any atom is -0.398 e. The monoisotopic (exact) mass is 342 g/mol. The predicted molar refractivity (Wildman–Crippen MR) is 89.0 cm³/mol. The van der Waals surface area contributed by atoms with Crippen molar-refractivity contribution in [1.29, 1.82) is 0 Å². The summed E-state index contributed by atoms with van der Waals surface area (Å²) in [4.78, 5) is 0. The van der Waals surface area contributed by atoms with Crippen molar-refractivity contribution in [2.24, 2.45) is 0 Å². The Morgan fingerprint density at radius 3 is 2.90 bits per heavy atom. The Kier molecular flexibility index (Phi) is 3.75. The molecule has 4 nitrogen and oxygen atoms in total. The van der Waals surface area contributed by atoms with Gasteiger partial charge in [-0.3, -0.25) is 0 Å². The van der Waals surface area contributed by atoms with Crippen molar-refractivity contribution in [3.8, 4) is 0 Å². The highest BCUT2D eigenvalue weighted by Gasteiger charge is 2.19. The van der Waals surface area contributed by atoms with Crippen molar-refractivity contribution in [3.05, 3.63) is 65.2 Å². The molecule has 3 aromatic rings. The van der Waals surface area contributed by atoms with Gasteiger partial charge in [-0.15, -0.1) is 11.7 Å². The summed E-state index contributed by atoms with van der Waals surface area (Å²) in [5.41, 5.74) is 9.77. The smallest absolute Gasteiger partial charge is 0.113 e. The van der Waals surface area contributed by atoms with E-state index < -0.39 is 0 Å². The van der Waals surface area contributed by atoms with Crippen LogP contribution in [0.15, 0.2) is 59.6 Å².